The molecule has 0 spiro atoms. The molecule has 0 unspecified atom stereocenters. The molecule has 5 aromatic rings. The van der Waals surface area contributed by atoms with Crippen molar-refractivity contribution in [1.29, 1.82) is 0 Å². The molecule has 0 fully saturated rings. The van der Waals surface area contributed by atoms with Gasteiger partial charge in [0.25, 0.3) is 5.91 Å². The van der Waals surface area contributed by atoms with Crippen molar-refractivity contribution >= 4 is 62.5 Å². The average Bonchev–Trinajstić information content (AvgIpc) is 3.79. The molecule has 1 aliphatic rings. The fraction of sp³-hybridized carbons (Fsp3) is 0.235. The Morgan fingerprint density at radius 1 is 1.07 bits per heavy atom. The summed E-state index contributed by atoms with van der Waals surface area (Å²) in [6.07, 6.45) is 3.00. The number of amides is 1. The van der Waals surface area contributed by atoms with Crippen LogP contribution in [0.5, 0.6) is 11.5 Å². The fourth-order valence-electron chi connectivity index (χ4n) is 5.17. The summed E-state index contributed by atoms with van der Waals surface area (Å²) in [7, 11) is 1.53. The zero-order valence-electron chi connectivity index (χ0n) is 25.1. The van der Waals surface area contributed by atoms with Crippen molar-refractivity contribution in [3.05, 3.63) is 106 Å². The summed E-state index contributed by atoms with van der Waals surface area (Å²) < 4.78 is 18.1. The van der Waals surface area contributed by atoms with E-state index in [-0.39, 0.29) is 16.5 Å². The maximum Gasteiger partial charge on any atom is 0.296 e. The minimum Gasteiger partial charge on any atom is -0.503 e. The Labute approximate surface area is 278 Å². The Kier molecular flexibility index (Phi) is 9.62. The number of ketones is 1. The normalized spacial score (nSPS) is 14.8. The number of fused-ring (bicyclic) bond motifs is 1. The van der Waals surface area contributed by atoms with Crippen molar-refractivity contribution in [3.63, 3.8) is 0 Å². The SMILES string of the molecule is CCCCCOc1ccc([C@H]2C(C(=O)c3cc4ccccc4o3)=C(O)C(=O)N2c2nnc(SCc3ccc(Cl)cc3)s2)cc1OC. The van der Waals surface area contributed by atoms with E-state index < -0.39 is 23.5 Å². The van der Waals surface area contributed by atoms with Crippen LogP contribution in [0.25, 0.3) is 11.0 Å². The molecule has 1 N–H and O–H groups in total. The van der Waals surface area contributed by atoms with Crippen molar-refractivity contribution in [1.82, 2.24) is 10.2 Å². The van der Waals surface area contributed by atoms with Crippen molar-refractivity contribution in [2.75, 3.05) is 18.6 Å². The number of thioether (sulfide) groups is 1. The number of benzene rings is 3. The number of carbonyl (C=O) groups is 2. The molecular weight excluding hydrogens is 646 g/mol. The van der Waals surface area contributed by atoms with Crippen LogP contribution in [0.3, 0.4) is 0 Å². The Bertz CT molecular complexity index is 1890. The van der Waals surface area contributed by atoms with Crippen LogP contribution in [-0.4, -0.2) is 40.7 Å². The summed E-state index contributed by atoms with van der Waals surface area (Å²) in [6.45, 7) is 2.64. The number of Topliss-reactive ketones (excluding diaryl/α,β-unsaturated/α-hetero) is 1. The standard InChI is InChI=1S/C34H30ClN3O6S2/c1-3-4-7-16-43-25-15-12-22(18-26(25)42-2)29-28(30(39)27-17-21-8-5-6-9-24(21)44-27)31(40)32(41)38(29)33-36-37-34(46-33)45-19-20-10-13-23(35)14-11-20/h5-6,8-15,17-18,29,40H,3-4,7,16,19H2,1-2H3/t29-/m0/s1. The molecule has 236 valence electrons. The number of aliphatic hydroxyl groups excluding tert-OH is 1. The maximum absolute atomic E-state index is 14.1. The van der Waals surface area contributed by atoms with E-state index >= 15 is 0 Å². The Hall–Kier alpha value is -4.32. The highest BCUT2D eigenvalue weighted by Gasteiger charge is 2.47. The molecule has 3 heterocycles. The van der Waals surface area contributed by atoms with Gasteiger partial charge in [-0.05, 0) is 53.9 Å². The molecule has 2 aromatic heterocycles. The molecule has 0 saturated heterocycles. The van der Waals surface area contributed by atoms with E-state index in [1.165, 1.54) is 35.1 Å². The third kappa shape index (κ3) is 6.48. The number of aromatic nitrogens is 2. The first-order valence-corrected chi connectivity index (χ1v) is 16.9. The summed E-state index contributed by atoms with van der Waals surface area (Å²) in [5.41, 5.74) is 1.94. The zero-order valence-corrected chi connectivity index (χ0v) is 27.5. The number of ether oxygens (including phenoxy) is 2. The number of nitrogens with zero attached hydrogens (tertiary/aromatic N) is 3. The number of furan rings is 1. The van der Waals surface area contributed by atoms with E-state index in [1.54, 1.807) is 36.4 Å². The molecule has 0 bridgehead atoms. The van der Waals surface area contributed by atoms with Crippen molar-refractivity contribution in [2.24, 2.45) is 0 Å². The number of anilines is 1. The highest BCUT2D eigenvalue weighted by Crippen LogP contribution is 2.46. The number of para-hydroxylation sites is 1. The Balaban J connectivity index is 1.36. The van der Waals surface area contributed by atoms with Gasteiger partial charge in [0.05, 0.1) is 25.3 Å². The highest BCUT2D eigenvalue weighted by atomic mass is 35.5. The third-order valence-corrected chi connectivity index (χ3v) is 9.87. The number of halogens is 1. The number of hydrogen-bond acceptors (Lipinski definition) is 10. The lowest BCUT2D eigenvalue weighted by molar-refractivity contribution is -0.117. The van der Waals surface area contributed by atoms with Gasteiger partial charge in [0.15, 0.2) is 27.4 Å². The minimum atomic E-state index is -1.04. The number of carbonyl (C=O) groups excluding carboxylic acids is 2. The molecule has 0 radical (unpaired) electrons. The second-order valence-electron chi connectivity index (χ2n) is 10.5. The van der Waals surface area contributed by atoms with Crippen LogP contribution < -0.4 is 14.4 Å². The molecule has 1 amide bonds. The summed E-state index contributed by atoms with van der Waals surface area (Å²) in [5, 5.41) is 21.5. The van der Waals surface area contributed by atoms with Crippen LogP contribution in [0.4, 0.5) is 5.13 Å². The van der Waals surface area contributed by atoms with E-state index in [9.17, 15) is 14.7 Å². The van der Waals surface area contributed by atoms with Gasteiger partial charge in [0, 0.05) is 16.2 Å². The van der Waals surface area contributed by atoms with Gasteiger partial charge in [-0.3, -0.25) is 14.5 Å². The highest BCUT2D eigenvalue weighted by molar-refractivity contribution is 8.00. The van der Waals surface area contributed by atoms with E-state index in [0.717, 1.165) is 30.2 Å². The predicted molar refractivity (Wildman–Crippen MR) is 179 cm³/mol. The first kappa shape index (κ1) is 31.7. The van der Waals surface area contributed by atoms with Crippen LogP contribution in [0.15, 0.2) is 92.9 Å². The summed E-state index contributed by atoms with van der Waals surface area (Å²) in [5.74, 6) is -0.488. The number of rotatable bonds is 13. The quantitative estimate of drug-likeness (QED) is 0.0567. The molecule has 1 aliphatic heterocycles. The topological polar surface area (TPSA) is 115 Å². The molecular formula is C34H30ClN3O6S2. The molecule has 1 atom stereocenters. The van der Waals surface area contributed by atoms with E-state index in [0.29, 0.717) is 44.4 Å². The van der Waals surface area contributed by atoms with Gasteiger partial charge in [-0.1, -0.05) is 90.9 Å². The monoisotopic (exact) mass is 675 g/mol. The second-order valence-corrected chi connectivity index (χ2v) is 13.2. The van der Waals surface area contributed by atoms with Crippen molar-refractivity contribution in [2.45, 2.75) is 42.3 Å². The van der Waals surface area contributed by atoms with E-state index in [1.807, 2.05) is 36.4 Å². The predicted octanol–water partition coefficient (Wildman–Crippen LogP) is 8.59. The van der Waals surface area contributed by atoms with Crippen LogP contribution in [0, 0.1) is 0 Å². The first-order valence-electron chi connectivity index (χ1n) is 14.7. The molecule has 12 heteroatoms. The molecule has 0 aliphatic carbocycles. The smallest absolute Gasteiger partial charge is 0.296 e. The third-order valence-electron chi connectivity index (χ3n) is 7.49. The van der Waals surface area contributed by atoms with Crippen LogP contribution >= 0.6 is 34.7 Å². The van der Waals surface area contributed by atoms with Gasteiger partial charge in [-0.2, -0.15) is 0 Å². The molecule has 3 aromatic carbocycles. The molecule has 0 saturated carbocycles. The maximum atomic E-state index is 14.1. The largest absolute Gasteiger partial charge is 0.503 e. The van der Waals surface area contributed by atoms with Crippen molar-refractivity contribution in [3.8, 4) is 11.5 Å². The zero-order chi connectivity index (χ0) is 32.2. The lowest BCUT2D eigenvalue weighted by Gasteiger charge is -2.24. The number of hydrogen-bond donors (Lipinski definition) is 1. The van der Waals surface area contributed by atoms with Crippen molar-refractivity contribution < 1.29 is 28.6 Å². The second kappa shape index (κ2) is 14.0. The number of aliphatic hydroxyl groups is 1. The number of methoxy groups -OCH3 is 1. The Morgan fingerprint density at radius 2 is 1.87 bits per heavy atom. The fourth-order valence-corrected chi connectivity index (χ4v) is 7.12. The number of unbranched alkanes of at least 4 members (excludes halogenated alkanes) is 2. The summed E-state index contributed by atoms with van der Waals surface area (Å²) in [6, 6.07) is 20.5. The van der Waals surface area contributed by atoms with Gasteiger partial charge in [0.1, 0.15) is 5.58 Å². The van der Waals surface area contributed by atoms with E-state index in [4.69, 9.17) is 25.5 Å². The molecule has 6 rings (SSSR count). The summed E-state index contributed by atoms with van der Waals surface area (Å²) in [4.78, 5) is 29.1. The van der Waals surface area contributed by atoms with Crippen LogP contribution in [-0.2, 0) is 10.5 Å². The molecule has 46 heavy (non-hydrogen) atoms. The van der Waals surface area contributed by atoms with Gasteiger partial charge < -0.3 is 19.0 Å². The lowest BCUT2D eigenvalue weighted by Crippen LogP contribution is -2.31. The van der Waals surface area contributed by atoms with Gasteiger partial charge >= 0.3 is 0 Å². The lowest BCUT2D eigenvalue weighted by atomic mass is 9.95. The molecule has 9 nitrogen and oxygen atoms in total. The summed E-state index contributed by atoms with van der Waals surface area (Å²) >= 11 is 8.66. The Morgan fingerprint density at radius 3 is 2.63 bits per heavy atom. The van der Waals surface area contributed by atoms with Crippen LogP contribution in [0.2, 0.25) is 5.02 Å². The van der Waals surface area contributed by atoms with Gasteiger partial charge in [-0.25, -0.2) is 0 Å². The van der Waals surface area contributed by atoms with Crippen LogP contribution in [0.1, 0.15) is 53.9 Å². The van der Waals surface area contributed by atoms with Gasteiger partial charge in [0.2, 0.25) is 10.9 Å². The average molecular weight is 676 g/mol. The van der Waals surface area contributed by atoms with E-state index in [2.05, 4.69) is 17.1 Å². The van der Waals surface area contributed by atoms with Gasteiger partial charge in [-0.15, -0.1) is 10.2 Å². The minimum absolute atomic E-state index is 0.00159. The first-order chi connectivity index (χ1) is 22.4.